The van der Waals surface area contributed by atoms with E-state index in [4.69, 9.17) is 0 Å². The minimum Gasteiger partial charge on any atom is -0.405 e. The molecule has 0 saturated heterocycles. The van der Waals surface area contributed by atoms with Crippen LogP contribution in [0.15, 0.2) is 30.3 Å². The Balaban J connectivity index is 2.52. The van der Waals surface area contributed by atoms with E-state index >= 15 is 0 Å². The minimum absolute atomic E-state index is 0.0839. The van der Waals surface area contributed by atoms with Crippen LogP contribution in [0.1, 0.15) is 0 Å². The van der Waals surface area contributed by atoms with Gasteiger partial charge >= 0.3 is 12.7 Å². The number of rotatable bonds is 2. The fourth-order valence-corrected chi connectivity index (χ4v) is 1.50. The van der Waals surface area contributed by atoms with Gasteiger partial charge < -0.3 is 9.47 Å². The lowest BCUT2D eigenvalue weighted by Crippen LogP contribution is -2.19. The Morgan fingerprint density at radius 1 is 0.850 bits per heavy atom. The zero-order valence-corrected chi connectivity index (χ0v) is 9.42. The fraction of sp³-hybridized carbons (Fsp3) is 0.182. The Bertz CT molecular complexity index is 622. The average Bonchev–Trinajstić information content (AvgIpc) is 2.24. The van der Waals surface area contributed by atoms with Gasteiger partial charge in [-0.2, -0.15) is 0 Å². The third-order valence-corrected chi connectivity index (χ3v) is 2.10. The minimum atomic E-state index is -5.06. The second kappa shape index (κ2) is 4.73. The smallest absolute Gasteiger partial charge is 0.405 e. The molecule has 1 aromatic carbocycles. The van der Waals surface area contributed by atoms with Gasteiger partial charge in [-0.3, -0.25) is 0 Å². The maximum Gasteiger partial charge on any atom is 0.574 e. The summed E-state index contributed by atoms with van der Waals surface area (Å²) >= 11 is 0. The molecule has 0 aliphatic carbocycles. The molecule has 0 fully saturated rings. The highest BCUT2D eigenvalue weighted by Gasteiger charge is 2.34. The Labute approximate surface area is 107 Å². The number of para-hydroxylation sites is 1. The molecule has 3 nitrogen and oxygen atoms in total. The van der Waals surface area contributed by atoms with E-state index in [1.807, 2.05) is 0 Å². The van der Waals surface area contributed by atoms with Crippen LogP contribution in [0.5, 0.6) is 11.6 Å². The molecule has 1 aromatic heterocycles. The molecule has 108 valence electrons. The maximum atomic E-state index is 12.2. The Kier molecular flexibility index (Phi) is 3.36. The van der Waals surface area contributed by atoms with E-state index in [1.54, 1.807) is 0 Å². The van der Waals surface area contributed by atoms with Crippen LogP contribution in [0.25, 0.3) is 10.9 Å². The molecule has 0 N–H and O–H groups in total. The van der Waals surface area contributed by atoms with Gasteiger partial charge in [0, 0.05) is 11.5 Å². The van der Waals surface area contributed by atoms with Crippen molar-refractivity contribution in [2.75, 3.05) is 0 Å². The predicted octanol–water partition coefficient (Wildman–Crippen LogP) is 4.03. The molecule has 0 bridgehead atoms. The van der Waals surface area contributed by atoms with Crippen molar-refractivity contribution in [1.82, 2.24) is 4.98 Å². The van der Waals surface area contributed by atoms with Crippen LogP contribution >= 0.6 is 0 Å². The van der Waals surface area contributed by atoms with Gasteiger partial charge in [0.25, 0.3) is 0 Å². The number of halogens is 6. The molecule has 0 spiro atoms. The number of hydrogen-bond donors (Lipinski definition) is 0. The quantitative estimate of drug-likeness (QED) is 0.784. The van der Waals surface area contributed by atoms with Crippen molar-refractivity contribution in [3.05, 3.63) is 30.3 Å². The number of hydrogen-bond acceptors (Lipinski definition) is 3. The summed E-state index contributed by atoms with van der Waals surface area (Å²) in [5.74, 6) is -1.85. The molecule has 1 heterocycles. The van der Waals surface area contributed by atoms with Crippen molar-refractivity contribution in [2.45, 2.75) is 12.7 Å². The van der Waals surface area contributed by atoms with Crippen molar-refractivity contribution >= 4 is 10.9 Å². The van der Waals surface area contributed by atoms with Crippen LogP contribution < -0.4 is 9.47 Å². The van der Waals surface area contributed by atoms with Crippen LogP contribution in [-0.4, -0.2) is 17.7 Å². The van der Waals surface area contributed by atoms with Gasteiger partial charge in [-0.1, -0.05) is 12.1 Å². The Morgan fingerprint density at radius 3 is 2.05 bits per heavy atom. The van der Waals surface area contributed by atoms with Gasteiger partial charge in [0.1, 0.15) is 5.75 Å². The van der Waals surface area contributed by atoms with Crippen molar-refractivity contribution in [1.29, 1.82) is 0 Å². The zero-order chi connectivity index (χ0) is 15.0. The summed E-state index contributed by atoms with van der Waals surface area (Å²) in [5, 5.41) is -0.0839. The molecule has 9 heteroatoms. The molecule has 0 amide bonds. The third-order valence-electron chi connectivity index (χ3n) is 2.10. The molecule has 0 radical (unpaired) electrons. The number of ether oxygens (including phenoxy) is 2. The van der Waals surface area contributed by atoms with Crippen molar-refractivity contribution in [2.24, 2.45) is 0 Å². The molecule has 0 atom stereocenters. The molecule has 2 rings (SSSR count). The van der Waals surface area contributed by atoms with E-state index in [0.29, 0.717) is 6.07 Å². The molecule has 0 aliphatic heterocycles. The van der Waals surface area contributed by atoms with Crippen LogP contribution in [0.2, 0.25) is 0 Å². The summed E-state index contributed by atoms with van der Waals surface area (Å²) in [5.41, 5.74) is -0.117. The van der Waals surface area contributed by atoms with Gasteiger partial charge in [0.2, 0.25) is 5.88 Å². The number of aromatic nitrogens is 1. The van der Waals surface area contributed by atoms with Gasteiger partial charge in [0.05, 0.1) is 5.52 Å². The largest absolute Gasteiger partial charge is 0.574 e. The molecular weight excluding hydrogens is 292 g/mol. The van der Waals surface area contributed by atoms with E-state index in [0.717, 1.165) is 0 Å². The van der Waals surface area contributed by atoms with E-state index in [-0.39, 0.29) is 10.9 Å². The fourth-order valence-electron chi connectivity index (χ4n) is 1.50. The number of fused-ring (bicyclic) bond motifs is 1. The lowest BCUT2D eigenvalue weighted by molar-refractivity contribution is -0.277. The van der Waals surface area contributed by atoms with Crippen molar-refractivity contribution < 1.29 is 35.8 Å². The molecule has 20 heavy (non-hydrogen) atoms. The first kappa shape index (κ1) is 14.2. The summed E-state index contributed by atoms with van der Waals surface area (Å²) in [6.07, 6.45) is -10.1. The summed E-state index contributed by atoms with van der Waals surface area (Å²) in [6.45, 7) is 0. The number of nitrogens with zero attached hydrogens (tertiary/aromatic N) is 1. The van der Waals surface area contributed by atoms with E-state index in [2.05, 4.69) is 14.5 Å². The number of alkyl halides is 6. The van der Waals surface area contributed by atoms with Gasteiger partial charge in [0.15, 0.2) is 0 Å². The second-order valence-corrected chi connectivity index (χ2v) is 3.57. The summed E-state index contributed by atoms with van der Waals surface area (Å²) in [6, 6.07) is 5.72. The normalized spacial score (nSPS) is 12.5. The van der Waals surface area contributed by atoms with Crippen molar-refractivity contribution in [3.8, 4) is 11.6 Å². The summed E-state index contributed by atoms with van der Waals surface area (Å²) in [4.78, 5) is 3.46. The van der Waals surface area contributed by atoms with E-state index in [1.165, 1.54) is 24.3 Å². The molecule has 0 saturated carbocycles. The lowest BCUT2D eigenvalue weighted by Gasteiger charge is -2.13. The standard InChI is InChI=1S/C11H5F6NO2/c12-10(13,14)19-8-5-9(20-11(15,16)17)18-7-4-2-1-3-6(7)8/h1-5H. The monoisotopic (exact) mass is 297 g/mol. The van der Waals surface area contributed by atoms with Crippen LogP contribution in [0.3, 0.4) is 0 Å². The molecular formula is C11H5F6NO2. The molecule has 0 aliphatic rings. The SMILES string of the molecule is FC(F)(F)Oc1cc(OC(F)(F)F)c2ccccc2n1. The topological polar surface area (TPSA) is 31.4 Å². The lowest BCUT2D eigenvalue weighted by atomic mass is 10.2. The average molecular weight is 297 g/mol. The van der Waals surface area contributed by atoms with E-state index in [9.17, 15) is 26.3 Å². The van der Waals surface area contributed by atoms with Gasteiger partial charge in [-0.05, 0) is 12.1 Å². The van der Waals surface area contributed by atoms with Crippen LogP contribution in [0, 0.1) is 0 Å². The van der Waals surface area contributed by atoms with Crippen molar-refractivity contribution in [3.63, 3.8) is 0 Å². The summed E-state index contributed by atoms with van der Waals surface area (Å²) in [7, 11) is 0. The third kappa shape index (κ3) is 3.65. The Hall–Kier alpha value is -2.19. The number of pyridine rings is 1. The van der Waals surface area contributed by atoms with Gasteiger partial charge in [-0.15, -0.1) is 26.3 Å². The second-order valence-electron chi connectivity index (χ2n) is 3.57. The Morgan fingerprint density at radius 2 is 1.45 bits per heavy atom. The number of benzene rings is 1. The highest BCUT2D eigenvalue weighted by Crippen LogP contribution is 2.34. The van der Waals surface area contributed by atoms with Crippen LogP contribution in [-0.2, 0) is 0 Å². The summed E-state index contributed by atoms with van der Waals surface area (Å²) < 4.78 is 80.1. The van der Waals surface area contributed by atoms with E-state index < -0.39 is 24.4 Å². The van der Waals surface area contributed by atoms with Gasteiger partial charge in [-0.25, -0.2) is 4.98 Å². The maximum absolute atomic E-state index is 12.2. The molecule has 0 unspecified atom stereocenters. The first-order chi connectivity index (χ1) is 9.14. The highest BCUT2D eigenvalue weighted by molar-refractivity contribution is 5.85. The predicted molar refractivity (Wildman–Crippen MR) is 55.1 cm³/mol. The molecule has 2 aromatic rings. The first-order valence-corrected chi connectivity index (χ1v) is 5.05. The first-order valence-electron chi connectivity index (χ1n) is 5.05. The van der Waals surface area contributed by atoms with Crippen LogP contribution in [0.4, 0.5) is 26.3 Å². The highest BCUT2D eigenvalue weighted by atomic mass is 19.4. The zero-order valence-electron chi connectivity index (χ0n) is 9.42.